The molecule has 1 fully saturated rings. The summed E-state index contributed by atoms with van der Waals surface area (Å²) < 4.78 is 50.7. The number of hydrogen-bond donors (Lipinski definition) is 1. The molecule has 1 N–H and O–H groups in total. The quantitative estimate of drug-likeness (QED) is 0.570. The van der Waals surface area contributed by atoms with Gasteiger partial charge in [-0.3, -0.25) is 0 Å². The van der Waals surface area contributed by atoms with Crippen LogP contribution in [0.25, 0.3) is 0 Å². The third kappa shape index (κ3) is 3.35. The summed E-state index contributed by atoms with van der Waals surface area (Å²) in [5.41, 5.74) is 0. The SMILES string of the molecule is CS(=O)(=O)C1(NS(=O)(=O)N=C=O)CCCCC1. The second kappa shape index (κ2) is 4.85. The molecular weight excluding hydrogens is 268 g/mol. The van der Waals surface area contributed by atoms with E-state index in [0.717, 1.165) is 18.8 Å². The molecule has 0 amide bonds. The summed E-state index contributed by atoms with van der Waals surface area (Å²) in [6.07, 6.45) is 4.34. The molecule has 0 saturated heterocycles. The molecule has 0 spiro atoms. The van der Waals surface area contributed by atoms with Gasteiger partial charge in [-0.1, -0.05) is 23.7 Å². The number of nitrogens with zero attached hydrogens (tertiary/aromatic N) is 1. The zero-order valence-corrected chi connectivity index (χ0v) is 11.0. The van der Waals surface area contributed by atoms with Crippen molar-refractivity contribution in [2.24, 2.45) is 4.40 Å². The minimum Gasteiger partial charge on any atom is -0.227 e. The molecule has 0 aromatic rings. The highest BCUT2D eigenvalue weighted by atomic mass is 32.2. The number of hydrogen-bond acceptors (Lipinski definition) is 5. The highest BCUT2D eigenvalue weighted by molar-refractivity contribution is 7.94. The average Bonchev–Trinajstić information content (AvgIpc) is 2.16. The molecule has 0 unspecified atom stereocenters. The predicted octanol–water partition coefficient (Wildman–Crippen LogP) is -0.138. The topological polar surface area (TPSA) is 110 Å². The Balaban J connectivity index is 3.14. The van der Waals surface area contributed by atoms with Crippen LogP contribution in [0.2, 0.25) is 0 Å². The van der Waals surface area contributed by atoms with Crippen molar-refractivity contribution >= 4 is 26.1 Å². The van der Waals surface area contributed by atoms with Gasteiger partial charge in [0.25, 0.3) is 6.08 Å². The van der Waals surface area contributed by atoms with Gasteiger partial charge in [-0.15, -0.1) is 0 Å². The average molecular weight is 282 g/mol. The summed E-state index contributed by atoms with van der Waals surface area (Å²) in [5.74, 6) is 0. The van der Waals surface area contributed by atoms with Crippen LogP contribution in [-0.4, -0.2) is 34.0 Å². The summed E-state index contributed by atoms with van der Waals surface area (Å²) in [4.78, 5) is 8.42. The van der Waals surface area contributed by atoms with E-state index in [4.69, 9.17) is 0 Å². The summed E-state index contributed by atoms with van der Waals surface area (Å²) in [6.45, 7) is 0. The zero-order valence-electron chi connectivity index (χ0n) is 9.34. The molecular formula is C8H14N2O5S2. The molecule has 98 valence electrons. The van der Waals surface area contributed by atoms with Gasteiger partial charge in [-0.05, 0) is 12.8 Å². The summed E-state index contributed by atoms with van der Waals surface area (Å²) in [7, 11) is -7.92. The molecule has 1 rings (SSSR count). The largest absolute Gasteiger partial charge is 0.331 e. The number of nitrogens with one attached hydrogen (secondary N) is 1. The highest BCUT2D eigenvalue weighted by Gasteiger charge is 2.44. The van der Waals surface area contributed by atoms with Crippen LogP contribution < -0.4 is 4.72 Å². The Morgan fingerprint density at radius 2 is 1.65 bits per heavy atom. The van der Waals surface area contributed by atoms with Gasteiger partial charge < -0.3 is 0 Å². The van der Waals surface area contributed by atoms with Gasteiger partial charge in [0, 0.05) is 6.26 Å². The third-order valence-electron chi connectivity index (χ3n) is 2.84. The number of carbonyl (C=O) groups excluding carboxylic acids is 1. The fraction of sp³-hybridized carbons (Fsp3) is 0.875. The van der Waals surface area contributed by atoms with Gasteiger partial charge >= 0.3 is 10.2 Å². The second-order valence-electron chi connectivity index (χ2n) is 4.09. The first-order chi connectivity index (χ1) is 7.72. The van der Waals surface area contributed by atoms with Crippen LogP contribution in [-0.2, 0) is 24.8 Å². The third-order valence-corrected chi connectivity index (χ3v) is 5.87. The Hall–Kier alpha value is -0.760. The van der Waals surface area contributed by atoms with Crippen LogP contribution in [0.4, 0.5) is 0 Å². The normalized spacial score (nSPS) is 20.5. The van der Waals surface area contributed by atoms with Crippen molar-refractivity contribution in [1.82, 2.24) is 4.72 Å². The molecule has 0 aromatic carbocycles. The smallest absolute Gasteiger partial charge is 0.227 e. The van der Waals surface area contributed by atoms with Crippen molar-refractivity contribution in [3.63, 3.8) is 0 Å². The standard InChI is InChI=1S/C8H14N2O5S2/c1-16(12,13)8(5-3-2-4-6-8)10-17(14,15)9-7-11/h10H,2-6H2,1H3. The van der Waals surface area contributed by atoms with Crippen molar-refractivity contribution in [3.05, 3.63) is 0 Å². The van der Waals surface area contributed by atoms with Crippen LogP contribution >= 0.6 is 0 Å². The Kier molecular flexibility index (Phi) is 4.08. The number of rotatable bonds is 4. The molecule has 17 heavy (non-hydrogen) atoms. The molecule has 0 aliphatic heterocycles. The lowest BCUT2D eigenvalue weighted by Gasteiger charge is -2.34. The molecule has 0 heterocycles. The predicted molar refractivity (Wildman–Crippen MR) is 60.8 cm³/mol. The molecule has 0 radical (unpaired) electrons. The first-order valence-electron chi connectivity index (χ1n) is 5.05. The van der Waals surface area contributed by atoms with Crippen LogP contribution in [0.1, 0.15) is 32.1 Å². The Morgan fingerprint density at radius 1 is 1.12 bits per heavy atom. The molecule has 7 nitrogen and oxygen atoms in total. The van der Waals surface area contributed by atoms with Gasteiger partial charge in [0.15, 0.2) is 9.84 Å². The Labute approximate surface area is 100 Å². The van der Waals surface area contributed by atoms with Crippen molar-refractivity contribution in [1.29, 1.82) is 0 Å². The van der Waals surface area contributed by atoms with Gasteiger partial charge in [0.2, 0.25) is 0 Å². The van der Waals surface area contributed by atoms with Crippen molar-refractivity contribution in [2.75, 3.05) is 6.26 Å². The number of sulfone groups is 1. The summed E-state index contributed by atoms with van der Waals surface area (Å²) >= 11 is 0. The van der Waals surface area contributed by atoms with Crippen molar-refractivity contribution < 1.29 is 21.6 Å². The van der Waals surface area contributed by atoms with Crippen LogP contribution in [0.3, 0.4) is 0 Å². The maximum Gasteiger partial charge on any atom is 0.331 e. The fourth-order valence-corrected chi connectivity index (χ4v) is 4.75. The molecule has 0 aromatic heterocycles. The van der Waals surface area contributed by atoms with E-state index in [1.807, 2.05) is 4.72 Å². The van der Waals surface area contributed by atoms with Crippen LogP contribution in [0, 0.1) is 0 Å². The van der Waals surface area contributed by atoms with Gasteiger partial charge in [0.1, 0.15) is 4.87 Å². The summed E-state index contributed by atoms with van der Waals surface area (Å²) in [5, 5.41) is 0. The highest BCUT2D eigenvalue weighted by Crippen LogP contribution is 2.33. The second-order valence-corrected chi connectivity index (χ2v) is 7.75. The lowest BCUT2D eigenvalue weighted by atomic mass is 9.95. The Morgan fingerprint density at radius 3 is 2.06 bits per heavy atom. The van der Waals surface area contributed by atoms with Crippen molar-refractivity contribution in [2.45, 2.75) is 37.0 Å². The van der Waals surface area contributed by atoms with Gasteiger partial charge in [0.05, 0.1) is 0 Å². The molecule has 1 aliphatic rings. The molecule has 9 heteroatoms. The van der Waals surface area contributed by atoms with E-state index < -0.39 is 24.9 Å². The minimum atomic E-state index is -4.30. The van der Waals surface area contributed by atoms with E-state index in [9.17, 15) is 21.6 Å². The van der Waals surface area contributed by atoms with E-state index in [0.29, 0.717) is 12.8 Å². The summed E-state index contributed by atoms with van der Waals surface area (Å²) in [6, 6.07) is 0. The van der Waals surface area contributed by atoms with Gasteiger partial charge in [-0.2, -0.15) is 13.1 Å². The van der Waals surface area contributed by atoms with Gasteiger partial charge in [-0.25, -0.2) is 13.2 Å². The van der Waals surface area contributed by atoms with Crippen LogP contribution in [0.5, 0.6) is 0 Å². The lowest BCUT2D eigenvalue weighted by molar-refractivity contribution is 0.355. The van der Waals surface area contributed by atoms with E-state index in [-0.39, 0.29) is 12.8 Å². The molecule has 1 aliphatic carbocycles. The maximum absolute atomic E-state index is 11.7. The fourth-order valence-electron chi connectivity index (χ4n) is 1.98. The molecule has 0 bridgehead atoms. The van der Waals surface area contributed by atoms with E-state index in [2.05, 4.69) is 4.40 Å². The first-order valence-corrected chi connectivity index (χ1v) is 8.38. The van der Waals surface area contributed by atoms with E-state index in [1.54, 1.807) is 0 Å². The zero-order chi connectivity index (χ0) is 13.2. The molecule has 0 atom stereocenters. The molecule has 1 saturated carbocycles. The Bertz CT molecular complexity index is 524. The van der Waals surface area contributed by atoms with E-state index in [1.165, 1.54) is 0 Å². The van der Waals surface area contributed by atoms with Crippen molar-refractivity contribution in [3.8, 4) is 0 Å². The monoisotopic (exact) mass is 282 g/mol. The first kappa shape index (κ1) is 14.3. The minimum absolute atomic E-state index is 0.194. The van der Waals surface area contributed by atoms with Crippen LogP contribution in [0.15, 0.2) is 4.40 Å². The maximum atomic E-state index is 11.7. The lowest BCUT2D eigenvalue weighted by Crippen LogP contribution is -2.54. The number of isocyanates is 1. The van der Waals surface area contributed by atoms with E-state index >= 15 is 0 Å².